The van der Waals surface area contributed by atoms with Gasteiger partial charge in [-0.15, -0.1) is 0 Å². The number of benzene rings is 2. The Morgan fingerprint density at radius 3 is 2.58 bits per heavy atom. The number of rotatable bonds is 5. The van der Waals surface area contributed by atoms with Gasteiger partial charge in [0.05, 0.1) is 21.9 Å². The Balaban J connectivity index is 1.72. The fourth-order valence-electron chi connectivity index (χ4n) is 2.62. The Hall–Kier alpha value is -2.44. The number of carbonyl (C=O) groups excluding carboxylic acids is 1. The quantitative estimate of drug-likeness (QED) is 0.716. The van der Waals surface area contributed by atoms with Crippen LogP contribution in [0.4, 0.5) is 5.69 Å². The molecule has 1 aromatic heterocycles. The van der Waals surface area contributed by atoms with E-state index in [-0.39, 0.29) is 23.0 Å². The molecule has 0 aliphatic rings. The molecule has 3 aromatic rings. The lowest BCUT2D eigenvalue weighted by atomic mass is 10.1. The van der Waals surface area contributed by atoms with E-state index in [9.17, 15) is 13.2 Å². The molecule has 1 heterocycles. The summed E-state index contributed by atoms with van der Waals surface area (Å²) in [5.74, 6) is -0.640. The molecule has 1 N–H and O–H groups in total. The standard InChI is InChI=1S/C19H17ClN2O3S/c1-13-4-9-17(16-3-2-11-21-19(13)16)22-18(23)10-12-26(24,25)15-7-5-14(20)6-8-15/h2-9,11H,10,12H2,1H3,(H,22,23). The average molecular weight is 389 g/mol. The number of anilines is 1. The van der Waals surface area contributed by atoms with Crippen LogP contribution in [-0.2, 0) is 14.6 Å². The summed E-state index contributed by atoms with van der Waals surface area (Å²) in [5.41, 5.74) is 2.43. The minimum absolute atomic E-state index is 0.138. The number of aromatic nitrogens is 1. The summed E-state index contributed by atoms with van der Waals surface area (Å²) in [6.45, 7) is 1.94. The number of halogens is 1. The van der Waals surface area contributed by atoms with Gasteiger partial charge in [-0.3, -0.25) is 9.78 Å². The van der Waals surface area contributed by atoms with E-state index in [1.807, 2.05) is 19.1 Å². The zero-order valence-electron chi connectivity index (χ0n) is 14.1. The third-order valence-electron chi connectivity index (χ3n) is 4.02. The maximum absolute atomic E-state index is 12.3. The van der Waals surface area contributed by atoms with Gasteiger partial charge >= 0.3 is 0 Å². The molecule has 26 heavy (non-hydrogen) atoms. The van der Waals surface area contributed by atoms with Gasteiger partial charge in [0.15, 0.2) is 9.84 Å². The second-order valence-electron chi connectivity index (χ2n) is 5.90. The van der Waals surface area contributed by atoms with Crippen LogP contribution in [0.3, 0.4) is 0 Å². The molecule has 0 radical (unpaired) electrons. The van der Waals surface area contributed by atoms with Gasteiger partial charge in [0.2, 0.25) is 5.91 Å². The van der Waals surface area contributed by atoms with Gasteiger partial charge in [0, 0.05) is 23.0 Å². The van der Waals surface area contributed by atoms with E-state index >= 15 is 0 Å². The molecule has 0 bridgehead atoms. The number of nitrogens with one attached hydrogen (secondary N) is 1. The van der Waals surface area contributed by atoms with Gasteiger partial charge in [0.1, 0.15) is 0 Å². The van der Waals surface area contributed by atoms with Crippen LogP contribution in [0.5, 0.6) is 0 Å². The minimum atomic E-state index is -3.55. The van der Waals surface area contributed by atoms with Crippen LogP contribution >= 0.6 is 11.6 Å². The third-order valence-corrected chi connectivity index (χ3v) is 6.00. The zero-order valence-corrected chi connectivity index (χ0v) is 15.6. The van der Waals surface area contributed by atoms with Gasteiger partial charge in [0.25, 0.3) is 0 Å². The lowest BCUT2D eigenvalue weighted by Gasteiger charge is -2.10. The van der Waals surface area contributed by atoms with Crippen molar-refractivity contribution in [1.82, 2.24) is 4.98 Å². The van der Waals surface area contributed by atoms with Crippen LogP contribution in [-0.4, -0.2) is 25.1 Å². The third kappa shape index (κ3) is 4.03. The summed E-state index contributed by atoms with van der Waals surface area (Å²) < 4.78 is 24.6. The topological polar surface area (TPSA) is 76.1 Å². The Morgan fingerprint density at radius 1 is 1.12 bits per heavy atom. The Kier molecular flexibility index (Phi) is 5.25. The van der Waals surface area contributed by atoms with Crippen molar-refractivity contribution in [3.8, 4) is 0 Å². The predicted octanol–water partition coefficient (Wildman–Crippen LogP) is 4.00. The summed E-state index contributed by atoms with van der Waals surface area (Å²) in [7, 11) is -3.55. The predicted molar refractivity (Wildman–Crippen MR) is 103 cm³/mol. The molecular formula is C19H17ClN2O3S. The van der Waals surface area contributed by atoms with Crippen molar-refractivity contribution in [2.24, 2.45) is 0 Å². The van der Waals surface area contributed by atoms with Crippen molar-refractivity contribution >= 4 is 43.9 Å². The minimum Gasteiger partial charge on any atom is -0.325 e. The van der Waals surface area contributed by atoms with Crippen molar-refractivity contribution < 1.29 is 13.2 Å². The van der Waals surface area contributed by atoms with Gasteiger partial charge in [-0.2, -0.15) is 0 Å². The normalized spacial score (nSPS) is 11.5. The first-order valence-electron chi connectivity index (χ1n) is 7.99. The van der Waals surface area contributed by atoms with E-state index < -0.39 is 9.84 Å². The van der Waals surface area contributed by atoms with Crippen molar-refractivity contribution in [3.63, 3.8) is 0 Å². The fourth-order valence-corrected chi connectivity index (χ4v) is 3.99. The highest BCUT2D eigenvalue weighted by Gasteiger charge is 2.17. The summed E-state index contributed by atoms with van der Waals surface area (Å²) in [5, 5.41) is 4.06. The van der Waals surface area contributed by atoms with Crippen LogP contribution in [0.15, 0.2) is 59.6 Å². The lowest BCUT2D eigenvalue weighted by Crippen LogP contribution is -2.17. The molecular weight excluding hydrogens is 372 g/mol. The van der Waals surface area contributed by atoms with E-state index in [2.05, 4.69) is 10.3 Å². The van der Waals surface area contributed by atoms with Crippen molar-refractivity contribution in [2.75, 3.05) is 11.1 Å². The summed E-state index contributed by atoms with van der Waals surface area (Å²) in [4.78, 5) is 16.7. The first-order chi connectivity index (χ1) is 12.4. The molecule has 2 aromatic carbocycles. The summed E-state index contributed by atoms with van der Waals surface area (Å²) >= 11 is 5.77. The average Bonchev–Trinajstić information content (AvgIpc) is 2.63. The molecule has 0 aliphatic carbocycles. The second kappa shape index (κ2) is 7.43. The second-order valence-corrected chi connectivity index (χ2v) is 8.45. The highest BCUT2D eigenvalue weighted by Crippen LogP contribution is 2.24. The van der Waals surface area contributed by atoms with Crippen LogP contribution < -0.4 is 5.32 Å². The molecule has 0 saturated heterocycles. The van der Waals surface area contributed by atoms with Crippen molar-refractivity contribution in [2.45, 2.75) is 18.2 Å². The van der Waals surface area contributed by atoms with E-state index in [1.54, 1.807) is 18.3 Å². The van der Waals surface area contributed by atoms with Crippen LogP contribution in [0.25, 0.3) is 10.9 Å². The summed E-state index contributed by atoms with van der Waals surface area (Å²) in [6.07, 6.45) is 1.56. The molecule has 0 spiro atoms. The molecule has 7 heteroatoms. The van der Waals surface area contributed by atoms with Crippen molar-refractivity contribution in [3.05, 3.63) is 65.3 Å². The van der Waals surface area contributed by atoms with Crippen molar-refractivity contribution in [1.29, 1.82) is 0 Å². The number of aryl methyl sites for hydroxylation is 1. The maximum atomic E-state index is 12.3. The lowest BCUT2D eigenvalue weighted by molar-refractivity contribution is -0.115. The monoisotopic (exact) mass is 388 g/mol. The van der Waals surface area contributed by atoms with Gasteiger partial charge in [-0.25, -0.2) is 8.42 Å². The molecule has 1 amide bonds. The molecule has 0 atom stereocenters. The number of hydrogen-bond donors (Lipinski definition) is 1. The Morgan fingerprint density at radius 2 is 1.85 bits per heavy atom. The number of carbonyl (C=O) groups is 1. The number of pyridine rings is 1. The molecule has 0 aliphatic heterocycles. The first-order valence-corrected chi connectivity index (χ1v) is 10.0. The fraction of sp³-hybridized carbons (Fsp3) is 0.158. The number of nitrogens with zero attached hydrogens (tertiary/aromatic N) is 1. The number of sulfone groups is 1. The molecule has 134 valence electrons. The van der Waals surface area contributed by atoms with Crippen LogP contribution in [0, 0.1) is 6.92 Å². The van der Waals surface area contributed by atoms with E-state index in [0.29, 0.717) is 10.7 Å². The highest BCUT2D eigenvalue weighted by molar-refractivity contribution is 7.91. The Labute approximate surface area is 156 Å². The van der Waals surface area contributed by atoms with Crippen LogP contribution in [0.2, 0.25) is 5.02 Å². The molecule has 0 saturated carbocycles. The van der Waals surface area contributed by atoms with Gasteiger partial charge < -0.3 is 5.32 Å². The van der Waals surface area contributed by atoms with E-state index in [1.165, 1.54) is 24.3 Å². The first kappa shape index (κ1) is 18.4. The number of hydrogen-bond acceptors (Lipinski definition) is 4. The summed E-state index contributed by atoms with van der Waals surface area (Å²) in [6, 6.07) is 13.2. The largest absolute Gasteiger partial charge is 0.325 e. The number of amides is 1. The van der Waals surface area contributed by atoms with Gasteiger partial charge in [-0.05, 0) is 55.0 Å². The van der Waals surface area contributed by atoms with Crippen LogP contribution in [0.1, 0.15) is 12.0 Å². The zero-order chi connectivity index (χ0) is 18.7. The highest BCUT2D eigenvalue weighted by atomic mass is 35.5. The molecule has 0 fully saturated rings. The maximum Gasteiger partial charge on any atom is 0.225 e. The Bertz CT molecular complexity index is 1060. The smallest absolute Gasteiger partial charge is 0.225 e. The molecule has 0 unspecified atom stereocenters. The molecule has 3 rings (SSSR count). The number of fused-ring (bicyclic) bond motifs is 1. The van der Waals surface area contributed by atoms with E-state index in [0.717, 1.165) is 16.5 Å². The molecule has 5 nitrogen and oxygen atoms in total. The SMILES string of the molecule is Cc1ccc(NC(=O)CCS(=O)(=O)c2ccc(Cl)cc2)c2cccnc12. The van der Waals surface area contributed by atoms with E-state index in [4.69, 9.17) is 11.6 Å². The van der Waals surface area contributed by atoms with Gasteiger partial charge in [-0.1, -0.05) is 17.7 Å².